The monoisotopic (exact) mass is 168 g/mol. The van der Waals surface area contributed by atoms with Crippen LogP contribution in [0.4, 0.5) is 0 Å². The fraction of sp³-hybridized carbons (Fsp3) is 0.125. The van der Waals surface area contributed by atoms with Crippen molar-refractivity contribution in [3.8, 4) is 0 Å². The van der Waals surface area contributed by atoms with Gasteiger partial charge in [0.2, 0.25) is 0 Å². The lowest BCUT2D eigenvalue weighted by Crippen LogP contribution is -2.09. The predicted octanol–water partition coefficient (Wildman–Crippen LogP) is 1.50. The molecule has 1 radical (unpaired) electrons. The normalized spacial score (nSPS) is 9.18. The number of hydrogen-bond acceptors (Lipinski definition) is 1. The maximum absolute atomic E-state index is 9.79. The molecule has 0 unspecified atom stereocenters. The summed E-state index contributed by atoms with van der Waals surface area (Å²) in [7, 11) is 0. The van der Waals surface area contributed by atoms with E-state index < -0.39 is 0 Å². The van der Waals surface area contributed by atoms with Gasteiger partial charge in [-0.15, -0.1) is 0 Å². The summed E-state index contributed by atoms with van der Waals surface area (Å²) in [6.07, 6.45) is 1.59. The highest BCUT2D eigenvalue weighted by Gasteiger charge is 1.91. The Labute approximate surface area is 70.2 Å². The van der Waals surface area contributed by atoms with Crippen LogP contribution in [0.15, 0.2) is 24.3 Å². The predicted molar refractivity (Wildman–Crippen MR) is 44.0 cm³/mol. The van der Waals surface area contributed by atoms with E-state index in [1.807, 2.05) is 12.1 Å². The van der Waals surface area contributed by atoms with Gasteiger partial charge >= 0.3 is 6.41 Å². The van der Waals surface area contributed by atoms with Crippen molar-refractivity contribution in [2.24, 2.45) is 0 Å². The molecule has 0 saturated heterocycles. The first-order chi connectivity index (χ1) is 5.33. The number of carbonyl (C=O) groups excluding carboxylic acids is 1. The second-order valence-electron chi connectivity index (χ2n) is 2.09. The average Bonchev–Trinajstić information content (AvgIpc) is 2.01. The fourth-order valence-electron chi connectivity index (χ4n) is 0.785. The number of benzene rings is 1. The molecule has 0 atom stereocenters. The number of nitrogens with one attached hydrogen (secondary N) is 1. The molecule has 2 nitrogen and oxygen atoms in total. The maximum Gasteiger partial charge on any atom is 0.309 e. The van der Waals surface area contributed by atoms with Gasteiger partial charge in [-0.1, -0.05) is 23.7 Å². The first-order valence-electron chi connectivity index (χ1n) is 3.17. The van der Waals surface area contributed by atoms with Crippen LogP contribution < -0.4 is 5.32 Å². The zero-order chi connectivity index (χ0) is 8.10. The molecule has 0 aliphatic carbocycles. The van der Waals surface area contributed by atoms with Crippen molar-refractivity contribution in [2.45, 2.75) is 6.54 Å². The summed E-state index contributed by atoms with van der Waals surface area (Å²) in [5.41, 5.74) is 0.973. The standard InChI is InChI=1S/C8H7ClNO/c9-8-3-1-2-7(4-8)5-10-6-11/h1-4H,5H2,(H,10,11). The van der Waals surface area contributed by atoms with Crippen LogP contribution in [-0.2, 0) is 11.3 Å². The molecular formula is C8H7ClNO. The van der Waals surface area contributed by atoms with E-state index in [1.165, 1.54) is 0 Å². The third-order valence-corrected chi connectivity index (χ3v) is 1.49. The minimum Gasteiger partial charge on any atom is -0.344 e. The Bertz CT molecular complexity index is 250. The topological polar surface area (TPSA) is 29.1 Å². The van der Waals surface area contributed by atoms with Crippen molar-refractivity contribution in [3.05, 3.63) is 34.9 Å². The first-order valence-corrected chi connectivity index (χ1v) is 3.55. The van der Waals surface area contributed by atoms with Gasteiger partial charge in [-0.3, -0.25) is 4.79 Å². The minimum absolute atomic E-state index is 0.476. The summed E-state index contributed by atoms with van der Waals surface area (Å²) in [4.78, 5) is 9.79. The maximum atomic E-state index is 9.79. The Hall–Kier alpha value is -1.02. The van der Waals surface area contributed by atoms with Crippen LogP contribution in [0.1, 0.15) is 5.56 Å². The molecule has 0 aliphatic rings. The molecule has 0 heterocycles. The number of halogens is 1. The van der Waals surface area contributed by atoms with Crippen molar-refractivity contribution >= 4 is 18.0 Å². The Kier molecular flexibility index (Phi) is 2.93. The Morgan fingerprint density at radius 1 is 1.55 bits per heavy atom. The average molecular weight is 169 g/mol. The summed E-state index contributed by atoms with van der Waals surface area (Å²) in [6.45, 7) is 0.476. The highest BCUT2D eigenvalue weighted by molar-refractivity contribution is 6.30. The van der Waals surface area contributed by atoms with Gasteiger partial charge in [0, 0.05) is 11.6 Å². The summed E-state index contributed by atoms with van der Waals surface area (Å²) < 4.78 is 0. The van der Waals surface area contributed by atoms with E-state index in [0.717, 1.165) is 5.56 Å². The van der Waals surface area contributed by atoms with E-state index in [1.54, 1.807) is 18.5 Å². The van der Waals surface area contributed by atoms with Crippen LogP contribution in [-0.4, -0.2) is 6.41 Å². The molecule has 0 spiro atoms. The third kappa shape index (κ3) is 2.60. The largest absolute Gasteiger partial charge is 0.344 e. The highest BCUT2D eigenvalue weighted by atomic mass is 35.5. The molecular weight excluding hydrogens is 162 g/mol. The molecule has 1 aromatic carbocycles. The zero-order valence-corrected chi connectivity index (χ0v) is 6.56. The number of rotatable bonds is 3. The van der Waals surface area contributed by atoms with Crippen molar-refractivity contribution in [3.63, 3.8) is 0 Å². The van der Waals surface area contributed by atoms with Gasteiger partial charge in [-0.25, -0.2) is 0 Å². The molecule has 0 saturated carbocycles. The summed E-state index contributed by atoms with van der Waals surface area (Å²) in [5.74, 6) is 0. The van der Waals surface area contributed by atoms with E-state index >= 15 is 0 Å². The lowest BCUT2D eigenvalue weighted by atomic mass is 10.2. The van der Waals surface area contributed by atoms with Gasteiger partial charge in [0.25, 0.3) is 0 Å². The molecule has 0 aliphatic heterocycles. The van der Waals surface area contributed by atoms with Crippen LogP contribution >= 0.6 is 11.6 Å². The fourth-order valence-corrected chi connectivity index (χ4v) is 0.998. The van der Waals surface area contributed by atoms with E-state index in [-0.39, 0.29) is 0 Å². The van der Waals surface area contributed by atoms with Crippen molar-refractivity contribution < 1.29 is 4.79 Å². The smallest absolute Gasteiger partial charge is 0.309 e. The van der Waals surface area contributed by atoms with E-state index in [9.17, 15) is 4.79 Å². The molecule has 0 fully saturated rings. The number of amides is 1. The quantitative estimate of drug-likeness (QED) is 0.681. The molecule has 0 aromatic heterocycles. The highest BCUT2D eigenvalue weighted by Crippen LogP contribution is 2.09. The molecule has 1 amide bonds. The van der Waals surface area contributed by atoms with Crippen molar-refractivity contribution in [2.75, 3.05) is 0 Å². The lowest BCUT2D eigenvalue weighted by Gasteiger charge is -1.98. The number of hydrogen-bond donors (Lipinski definition) is 1. The van der Waals surface area contributed by atoms with Gasteiger partial charge in [-0.2, -0.15) is 0 Å². The Morgan fingerprint density at radius 2 is 2.36 bits per heavy atom. The van der Waals surface area contributed by atoms with Gasteiger partial charge in [0.15, 0.2) is 0 Å². The van der Waals surface area contributed by atoms with Gasteiger partial charge in [0.05, 0.1) is 0 Å². The second-order valence-corrected chi connectivity index (χ2v) is 2.52. The molecule has 1 N–H and O–H groups in total. The molecule has 0 bridgehead atoms. The summed E-state index contributed by atoms with van der Waals surface area (Å²) >= 11 is 5.70. The minimum atomic E-state index is 0.476. The zero-order valence-electron chi connectivity index (χ0n) is 5.80. The van der Waals surface area contributed by atoms with Gasteiger partial charge in [0.1, 0.15) is 0 Å². The second kappa shape index (κ2) is 3.98. The SMILES string of the molecule is O=[C]NCc1cccc(Cl)c1. The summed E-state index contributed by atoms with van der Waals surface area (Å²) in [5, 5.41) is 3.10. The first kappa shape index (κ1) is 8.08. The van der Waals surface area contributed by atoms with E-state index in [4.69, 9.17) is 11.6 Å². The van der Waals surface area contributed by atoms with E-state index in [2.05, 4.69) is 5.32 Å². The van der Waals surface area contributed by atoms with Crippen molar-refractivity contribution in [1.82, 2.24) is 5.32 Å². The molecule has 11 heavy (non-hydrogen) atoms. The van der Waals surface area contributed by atoms with Gasteiger partial charge in [-0.05, 0) is 17.7 Å². The van der Waals surface area contributed by atoms with Crippen LogP contribution in [0, 0.1) is 0 Å². The van der Waals surface area contributed by atoms with Crippen LogP contribution in [0.25, 0.3) is 0 Å². The van der Waals surface area contributed by atoms with Crippen LogP contribution in [0.5, 0.6) is 0 Å². The molecule has 1 rings (SSSR count). The van der Waals surface area contributed by atoms with Gasteiger partial charge < -0.3 is 5.32 Å². The van der Waals surface area contributed by atoms with Crippen molar-refractivity contribution in [1.29, 1.82) is 0 Å². The Balaban J connectivity index is 2.63. The summed E-state index contributed by atoms with van der Waals surface area (Å²) in [6, 6.07) is 7.31. The molecule has 57 valence electrons. The third-order valence-electron chi connectivity index (χ3n) is 1.25. The molecule has 1 aromatic rings. The van der Waals surface area contributed by atoms with E-state index in [0.29, 0.717) is 11.6 Å². The van der Waals surface area contributed by atoms with Crippen LogP contribution in [0.2, 0.25) is 5.02 Å². The Morgan fingerprint density at radius 3 is 3.00 bits per heavy atom. The lowest BCUT2D eigenvalue weighted by molar-refractivity contribution is 0.542. The van der Waals surface area contributed by atoms with Crippen LogP contribution in [0.3, 0.4) is 0 Å². The molecule has 3 heteroatoms.